The van der Waals surface area contributed by atoms with Crippen LogP contribution in [0.2, 0.25) is 0 Å². The number of nitrogens with one attached hydrogen (secondary N) is 2. The highest BCUT2D eigenvalue weighted by Gasteiger charge is 2.32. The number of rotatable bonds is 3. The Balaban J connectivity index is 2.12. The predicted octanol–water partition coefficient (Wildman–Crippen LogP) is 0.807. The first kappa shape index (κ1) is 11.4. The van der Waals surface area contributed by atoms with Gasteiger partial charge in [-0.05, 0) is 23.6 Å². The van der Waals surface area contributed by atoms with Gasteiger partial charge in [-0.3, -0.25) is 5.43 Å². The highest BCUT2D eigenvalue weighted by molar-refractivity contribution is 5.30. The van der Waals surface area contributed by atoms with E-state index in [1.54, 1.807) is 7.11 Å². The molecule has 0 saturated carbocycles. The Morgan fingerprint density at radius 1 is 1.25 bits per heavy atom. The van der Waals surface area contributed by atoms with Crippen molar-refractivity contribution < 1.29 is 4.74 Å². The van der Waals surface area contributed by atoms with E-state index in [9.17, 15) is 0 Å². The molecule has 88 valence electrons. The van der Waals surface area contributed by atoms with Crippen LogP contribution in [-0.2, 0) is 0 Å². The van der Waals surface area contributed by atoms with Gasteiger partial charge >= 0.3 is 0 Å². The zero-order chi connectivity index (χ0) is 11.5. The lowest BCUT2D eigenvalue weighted by Gasteiger charge is -2.17. The number of ether oxygens (including phenoxy) is 1. The first-order chi connectivity index (χ1) is 7.76. The Morgan fingerprint density at radius 2 is 1.94 bits per heavy atom. The highest BCUT2D eigenvalue weighted by atomic mass is 16.5. The molecule has 0 bridgehead atoms. The number of hydrazine groups is 1. The molecular formula is C12H19N3O. The molecule has 0 aliphatic carbocycles. The zero-order valence-corrected chi connectivity index (χ0v) is 9.73. The lowest BCUT2D eigenvalue weighted by Crippen LogP contribution is -2.37. The lowest BCUT2D eigenvalue weighted by atomic mass is 9.91. The van der Waals surface area contributed by atoms with Crippen LogP contribution < -0.4 is 21.3 Å². The molecule has 1 aromatic rings. The van der Waals surface area contributed by atoms with Crippen LogP contribution in [0.4, 0.5) is 0 Å². The predicted molar refractivity (Wildman–Crippen MR) is 64.0 cm³/mol. The van der Waals surface area contributed by atoms with Crippen molar-refractivity contribution in [3.63, 3.8) is 0 Å². The molecule has 4 nitrogen and oxygen atoms in total. The SMILES string of the molecule is COc1ccc(C2NNC(CN)C2C)cc1. The molecule has 3 atom stereocenters. The maximum atomic E-state index is 5.69. The van der Waals surface area contributed by atoms with Gasteiger partial charge in [0, 0.05) is 12.6 Å². The van der Waals surface area contributed by atoms with E-state index in [1.807, 2.05) is 12.1 Å². The summed E-state index contributed by atoms with van der Waals surface area (Å²) in [6.45, 7) is 2.86. The molecule has 3 unspecified atom stereocenters. The van der Waals surface area contributed by atoms with Gasteiger partial charge in [0.05, 0.1) is 13.2 Å². The van der Waals surface area contributed by atoms with Crippen LogP contribution in [0.3, 0.4) is 0 Å². The summed E-state index contributed by atoms with van der Waals surface area (Å²) in [7, 11) is 1.68. The summed E-state index contributed by atoms with van der Waals surface area (Å²) in [5.41, 5.74) is 13.5. The van der Waals surface area contributed by atoms with Gasteiger partial charge in [0.15, 0.2) is 0 Å². The average molecular weight is 221 g/mol. The van der Waals surface area contributed by atoms with E-state index in [0.29, 0.717) is 24.5 Å². The molecule has 1 saturated heterocycles. The Hall–Kier alpha value is -1.10. The standard InChI is InChI=1S/C12H19N3O/c1-8-11(7-13)14-15-12(8)9-3-5-10(16-2)6-4-9/h3-6,8,11-12,14-15H,7,13H2,1-2H3. The van der Waals surface area contributed by atoms with Crippen LogP contribution in [0.25, 0.3) is 0 Å². The molecule has 1 aliphatic rings. The Labute approximate surface area is 96.1 Å². The van der Waals surface area contributed by atoms with Gasteiger partial charge in [-0.1, -0.05) is 19.1 Å². The monoisotopic (exact) mass is 221 g/mol. The first-order valence-corrected chi connectivity index (χ1v) is 5.61. The smallest absolute Gasteiger partial charge is 0.118 e. The molecule has 1 aromatic carbocycles. The summed E-state index contributed by atoms with van der Waals surface area (Å²) >= 11 is 0. The van der Waals surface area contributed by atoms with E-state index in [0.717, 1.165) is 5.75 Å². The number of benzene rings is 1. The minimum Gasteiger partial charge on any atom is -0.497 e. The second kappa shape index (κ2) is 4.82. The van der Waals surface area contributed by atoms with Gasteiger partial charge < -0.3 is 10.5 Å². The highest BCUT2D eigenvalue weighted by Crippen LogP contribution is 2.28. The van der Waals surface area contributed by atoms with Crippen molar-refractivity contribution in [2.75, 3.05) is 13.7 Å². The largest absolute Gasteiger partial charge is 0.497 e. The summed E-state index contributed by atoms with van der Waals surface area (Å²) < 4.78 is 5.14. The molecule has 0 amide bonds. The summed E-state index contributed by atoms with van der Waals surface area (Å²) in [6, 6.07) is 8.81. The normalized spacial score (nSPS) is 29.3. The second-order valence-corrected chi connectivity index (χ2v) is 4.24. The number of hydrogen-bond donors (Lipinski definition) is 3. The van der Waals surface area contributed by atoms with Crippen LogP contribution >= 0.6 is 0 Å². The van der Waals surface area contributed by atoms with E-state index in [1.165, 1.54) is 5.56 Å². The molecule has 4 heteroatoms. The van der Waals surface area contributed by atoms with E-state index in [2.05, 4.69) is 29.9 Å². The maximum absolute atomic E-state index is 5.69. The second-order valence-electron chi connectivity index (χ2n) is 4.24. The van der Waals surface area contributed by atoms with E-state index in [-0.39, 0.29) is 0 Å². The molecule has 0 spiro atoms. The number of methoxy groups -OCH3 is 1. The van der Waals surface area contributed by atoms with Crippen molar-refractivity contribution in [1.82, 2.24) is 10.9 Å². The van der Waals surface area contributed by atoms with Gasteiger partial charge in [0.2, 0.25) is 0 Å². The van der Waals surface area contributed by atoms with Crippen LogP contribution in [0.5, 0.6) is 5.75 Å². The van der Waals surface area contributed by atoms with Crippen molar-refractivity contribution in [2.45, 2.75) is 19.0 Å². The summed E-state index contributed by atoms with van der Waals surface area (Å²) in [5, 5.41) is 0. The zero-order valence-electron chi connectivity index (χ0n) is 9.73. The van der Waals surface area contributed by atoms with Gasteiger partial charge in [0.1, 0.15) is 5.75 Å². The quantitative estimate of drug-likeness (QED) is 0.707. The van der Waals surface area contributed by atoms with Gasteiger partial charge in [-0.15, -0.1) is 0 Å². The molecule has 2 rings (SSSR count). The average Bonchev–Trinajstić information content (AvgIpc) is 2.70. The van der Waals surface area contributed by atoms with Crippen molar-refractivity contribution >= 4 is 0 Å². The molecular weight excluding hydrogens is 202 g/mol. The fraction of sp³-hybridized carbons (Fsp3) is 0.500. The number of hydrogen-bond acceptors (Lipinski definition) is 4. The van der Waals surface area contributed by atoms with Crippen LogP contribution in [0.15, 0.2) is 24.3 Å². The van der Waals surface area contributed by atoms with E-state index < -0.39 is 0 Å². The lowest BCUT2D eigenvalue weighted by molar-refractivity contribution is 0.413. The Bertz CT molecular complexity index is 339. The molecule has 4 N–H and O–H groups in total. The molecule has 1 heterocycles. The molecule has 0 aromatic heterocycles. The summed E-state index contributed by atoms with van der Waals surface area (Å²) in [4.78, 5) is 0. The van der Waals surface area contributed by atoms with Crippen LogP contribution in [-0.4, -0.2) is 19.7 Å². The third-order valence-electron chi connectivity index (χ3n) is 3.31. The fourth-order valence-corrected chi connectivity index (χ4v) is 2.16. The fourth-order valence-electron chi connectivity index (χ4n) is 2.16. The maximum Gasteiger partial charge on any atom is 0.118 e. The van der Waals surface area contributed by atoms with Crippen molar-refractivity contribution in [3.05, 3.63) is 29.8 Å². The van der Waals surface area contributed by atoms with Gasteiger partial charge in [-0.2, -0.15) is 0 Å². The van der Waals surface area contributed by atoms with Crippen molar-refractivity contribution in [3.8, 4) is 5.75 Å². The van der Waals surface area contributed by atoms with Gasteiger partial charge in [0.25, 0.3) is 0 Å². The van der Waals surface area contributed by atoms with Crippen LogP contribution in [0.1, 0.15) is 18.5 Å². The molecule has 1 fully saturated rings. The number of nitrogens with two attached hydrogens (primary N) is 1. The molecule has 0 radical (unpaired) electrons. The third kappa shape index (κ3) is 2.04. The topological polar surface area (TPSA) is 59.3 Å². The van der Waals surface area contributed by atoms with Crippen molar-refractivity contribution in [1.29, 1.82) is 0 Å². The van der Waals surface area contributed by atoms with E-state index >= 15 is 0 Å². The Morgan fingerprint density at radius 3 is 2.44 bits per heavy atom. The van der Waals surface area contributed by atoms with Crippen molar-refractivity contribution in [2.24, 2.45) is 11.7 Å². The minimum absolute atomic E-state index is 0.319. The minimum atomic E-state index is 0.319. The van der Waals surface area contributed by atoms with E-state index in [4.69, 9.17) is 10.5 Å². The van der Waals surface area contributed by atoms with Gasteiger partial charge in [-0.25, -0.2) is 5.43 Å². The first-order valence-electron chi connectivity index (χ1n) is 5.61. The third-order valence-corrected chi connectivity index (χ3v) is 3.31. The Kier molecular flexibility index (Phi) is 3.43. The van der Waals surface area contributed by atoms with Crippen LogP contribution in [0, 0.1) is 5.92 Å². The molecule has 1 aliphatic heterocycles. The summed E-state index contributed by atoms with van der Waals surface area (Å²) in [6.07, 6.45) is 0. The summed E-state index contributed by atoms with van der Waals surface area (Å²) in [5.74, 6) is 1.37. The molecule has 16 heavy (non-hydrogen) atoms.